The Hall–Kier alpha value is -1.74. The lowest BCUT2D eigenvalue weighted by Gasteiger charge is -2.07. The van der Waals surface area contributed by atoms with Crippen LogP contribution in [0.2, 0.25) is 0 Å². The fourth-order valence-electron chi connectivity index (χ4n) is 0.794. The minimum Gasteiger partial charge on any atom is -0.462 e. The van der Waals surface area contributed by atoms with E-state index in [4.69, 9.17) is 20.4 Å². The monoisotopic (exact) mass is 320 g/mol. The Bertz CT molecular complexity index is 351. The van der Waals surface area contributed by atoms with Gasteiger partial charge in [0.15, 0.2) is 0 Å². The van der Waals surface area contributed by atoms with Crippen LogP contribution in [0, 0.1) is 0 Å². The SMILES string of the molecule is C=C(C)C(=O)OCC(O)CO.C=CC(=O)OCCC(O)CO. The highest BCUT2D eigenvalue weighted by Gasteiger charge is 2.07. The Kier molecular flexibility index (Phi) is 14.6. The number of aliphatic hydroxyl groups excluding tert-OH is 4. The lowest BCUT2D eigenvalue weighted by atomic mass is 10.3. The molecule has 0 heterocycles. The van der Waals surface area contributed by atoms with E-state index in [1.54, 1.807) is 0 Å². The maximum atomic E-state index is 10.6. The van der Waals surface area contributed by atoms with E-state index in [-0.39, 0.29) is 31.8 Å². The molecule has 0 radical (unpaired) electrons. The summed E-state index contributed by atoms with van der Waals surface area (Å²) in [4.78, 5) is 21.0. The molecule has 0 saturated heterocycles. The van der Waals surface area contributed by atoms with Gasteiger partial charge in [0.25, 0.3) is 0 Å². The van der Waals surface area contributed by atoms with E-state index in [2.05, 4.69) is 22.6 Å². The van der Waals surface area contributed by atoms with Gasteiger partial charge in [0.05, 0.1) is 25.9 Å². The number of hydrogen-bond acceptors (Lipinski definition) is 8. The van der Waals surface area contributed by atoms with Gasteiger partial charge in [-0.05, 0) is 6.92 Å². The van der Waals surface area contributed by atoms with Gasteiger partial charge in [-0.1, -0.05) is 13.2 Å². The molecule has 8 nitrogen and oxygen atoms in total. The molecule has 128 valence electrons. The van der Waals surface area contributed by atoms with E-state index >= 15 is 0 Å². The number of rotatable bonds is 9. The van der Waals surface area contributed by atoms with E-state index < -0.39 is 30.8 Å². The first-order chi connectivity index (χ1) is 10.3. The van der Waals surface area contributed by atoms with Crippen LogP contribution in [0.25, 0.3) is 0 Å². The van der Waals surface area contributed by atoms with Crippen molar-refractivity contribution < 1.29 is 39.5 Å². The fourth-order valence-corrected chi connectivity index (χ4v) is 0.794. The molecule has 0 aliphatic rings. The zero-order valence-corrected chi connectivity index (χ0v) is 12.6. The van der Waals surface area contributed by atoms with Crippen LogP contribution in [0.15, 0.2) is 24.8 Å². The van der Waals surface area contributed by atoms with Crippen LogP contribution in [-0.2, 0) is 19.1 Å². The van der Waals surface area contributed by atoms with E-state index in [0.717, 1.165) is 6.08 Å². The summed E-state index contributed by atoms with van der Waals surface area (Å²) in [7, 11) is 0. The van der Waals surface area contributed by atoms with Crippen molar-refractivity contribution in [3.05, 3.63) is 24.8 Å². The highest BCUT2D eigenvalue weighted by atomic mass is 16.5. The average molecular weight is 320 g/mol. The molecule has 0 spiro atoms. The number of esters is 2. The Labute approximate surface area is 129 Å². The van der Waals surface area contributed by atoms with Gasteiger partial charge >= 0.3 is 11.9 Å². The molecule has 8 heteroatoms. The van der Waals surface area contributed by atoms with Gasteiger partial charge in [0, 0.05) is 18.1 Å². The molecule has 0 aromatic carbocycles. The second kappa shape index (κ2) is 14.2. The first-order valence-electron chi connectivity index (χ1n) is 6.48. The highest BCUT2D eigenvalue weighted by Crippen LogP contribution is 1.93. The van der Waals surface area contributed by atoms with Crippen LogP contribution < -0.4 is 0 Å². The number of aliphatic hydroxyl groups is 4. The van der Waals surface area contributed by atoms with Crippen molar-refractivity contribution in [2.75, 3.05) is 26.4 Å². The summed E-state index contributed by atoms with van der Waals surface area (Å²) in [5.41, 5.74) is 0.273. The van der Waals surface area contributed by atoms with Crippen LogP contribution >= 0.6 is 0 Å². The third-order valence-corrected chi connectivity index (χ3v) is 2.04. The molecule has 0 fully saturated rings. The van der Waals surface area contributed by atoms with E-state index in [1.165, 1.54) is 6.92 Å². The molecule has 22 heavy (non-hydrogen) atoms. The molecule has 0 amide bonds. The zero-order chi connectivity index (χ0) is 17.5. The summed E-state index contributed by atoms with van der Waals surface area (Å²) in [5.74, 6) is -1.08. The van der Waals surface area contributed by atoms with Crippen molar-refractivity contribution in [1.29, 1.82) is 0 Å². The van der Waals surface area contributed by atoms with Crippen molar-refractivity contribution >= 4 is 11.9 Å². The fraction of sp³-hybridized carbons (Fsp3) is 0.571. The third-order valence-electron chi connectivity index (χ3n) is 2.04. The summed E-state index contributed by atoms with van der Waals surface area (Å²) < 4.78 is 9.04. The first-order valence-corrected chi connectivity index (χ1v) is 6.48. The minimum absolute atomic E-state index is 0.104. The Morgan fingerprint density at radius 2 is 1.68 bits per heavy atom. The molecule has 4 N–H and O–H groups in total. The Balaban J connectivity index is 0. The van der Waals surface area contributed by atoms with Gasteiger partial charge in [0.1, 0.15) is 12.7 Å². The summed E-state index contributed by atoms with van der Waals surface area (Å²) in [6.45, 7) is 7.22. The molecule has 0 aliphatic heterocycles. The van der Waals surface area contributed by atoms with Crippen LogP contribution in [-0.4, -0.2) is 71.0 Å². The number of ether oxygens (including phenoxy) is 2. The van der Waals surface area contributed by atoms with Crippen molar-refractivity contribution in [3.63, 3.8) is 0 Å². The van der Waals surface area contributed by atoms with Crippen molar-refractivity contribution in [2.24, 2.45) is 0 Å². The van der Waals surface area contributed by atoms with Crippen LogP contribution in [0.5, 0.6) is 0 Å². The smallest absolute Gasteiger partial charge is 0.333 e. The molecular weight excluding hydrogens is 296 g/mol. The zero-order valence-electron chi connectivity index (χ0n) is 12.6. The maximum Gasteiger partial charge on any atom is 0.333 e. The van der Waals surface area contributed by atoms with Gasteiger partial charge in [0.2, 0.25) is 0 Å². The number of carbonyl (C=O) groups excluding carboxylic acids is 2. The molecular formula is C14H24O8. The van der Waals surface area contributed by atoms with Gasteiger partial charge in [-0.2, -0.15) is 0 Å². The molecule has 2 unspecified atom stereocenters. The van der Waals surface area contributed by atoms with Crippen molar-refractivity contribution in [1.82, 2.24) is 0 Å². The number of hydrogen-bond donors (Lipinski definition) is 4. The lowest BCUT2D eigenvalue weighted by Crippen LogP contribution is -2.22. The van der Waals surface area contributed by atoms with Crippen LogP contribution in [0.1, 0.15) is 13.3 Å². The van der Waals surface area contributed by atoms with Gasteiger partial charge in [-0.3, -0.25) is 0 Å². The van der Waals surface area contributed by atoms with E-state index in [1.807, 2.05) is 0 Å². The first kappa shape index (κ1) is 22.5. The largest absolute Gasteiger partial charge is 0.462 e. The lowest BCUT2D eigenvalue weighted by molar-refractivity contribution is -0.142. The maximum absolute atomic E-state index is 10.6. The third kappa shape index (κ3) is 14.7. The topological polar surface area (TPSA) is 134 Å². The Morgan fingerprint density at radius 3 is 2.09 bits per heavy atom. The van der Waals surface area contributed by atoms with E-state index in [9.17, 15) is 9.59 Å². The van der Waals surface area contributed by atoms with Crippen LogP contribution in [0.4, 0.5) is 0 Å². The molecule has 0 bridgehead atoms. The summed E-state index contributed by atoms with van der Waals surface area (Å²) >= 11 is 0. The highest BCUT2D eigenvalue weighted by molar-refractivity contribution is 5.86. The average Bonchev–Trinajstić information content (AvgIpc) is 2.51. The molecule has 2 atom stereocenters. The van der Waals surface area contributed by atoms with Gasteiger partial charge in [-0.15, -0.1) is 0 Å². The summed E-state index contributed by atoms with van der Waals surface area (Å²) in [5, 5.41) is 34.2. The molecule has 0 aromatic rings. The molecule has 0 aromatic heterocycles. The second-order valence-electron chi connectivity index (χ2n) is 4.21. The standard InChI is InChI=1S/2C7H12O4/c1-5(2)7(10)11-4-6(9)3-8;1-2-7(10)11-4-3-6(9)5-8/h6,8-9H,1,3-4H2,2H3;2,6,8-9H,1,3-5H2. The number of carbonyl (C=O) groups is 2. The summed E-state index contributed by atoms with van der Waals surface area (Å²) in [6.07, 6.45) is -0.521. The molecule has 0 rings (SSSR count). The Morgan fingerprint density at radius 1 is 1.14 bits per heavy atom. The van der Waals surface area contributed by atoms with Crippen molar-refractivity contribution in [3.8, 4) is 0 Å². The van der Waals surface area contributed by atoms with Crippen molar-refractivity contribution in [2.45, 2.75) is 25.6 Å². The molecule has 0 aliphatic carbocycles. The van der Waals surface area contributed by atoms with Gasteiger partial charge < -0.3 is 29.9 Å². The second-order valence-corrected chi connectivity index (χ2v) is 4.21. The normalized spacial score (nSPS) is 12.2. The minimum atomic E-state index is -1.00. The van der Waals surface area contributed by atoms with E-state index in [0.29, 0.717) is 0 Å². The quantitative estimate of drug-likeness (QED) is 0.311. The van der Waals surface area contributed by atoms with Gasteiger partial charge in [-0.25, -0.2) is 9.59 Å². The summed E-state index contributed by atoms with van der Waals surface area (Å²) in [6, 6.07) is 0. The molecule has 0 saturated carbocycles. The predicted octanol–water partition coefficient (Wildman–Crippen LogP) is -1.08. The predicted molar refractivity (Wildman–Crippen MR) is 77.7 cm³/mol. The van der Waals surface area contributed by atoms with Crippen LogP contribution in [0.3, 0.4) is 0 Å².